The third-order valence-electron chi connectivity index (χ3n) is 4.47. The van der Waals surface area contributed by atoms with Crippen LogP contribution in [0.4, 0.5) is 4.79 Å². The quantitative estimate of drug-likeness (QED) is 0.418. The van der Waals surface area contributed by atoms with E-state index in [1.807, 2.05) is 19.9 Å². The summed E-state index contributed by atoms with van der Waals surface area (Å²) in [6, 6.07) is 10.6. The highest BCUT2D eigenvalue weighted by Crippen LogP contribution is 2.41. The number of likely N-dealkylation sites (N-methyl/N-ethyl adjacent to an activating group) is 1. The molecule has 3 rings (SSSR count). The van der Waals surface area contributed by atoms with E-state index >= 15 is 0 Å². The van der Waals surface area contributed by atoms with Crippen molar-refractivity contribution in [1.29, 1.82) is 0 Å². The summed E-state index contributed by atoms with van der Waals surface area (Å²) in [5.74, 6) is -2.69. The van der Waals surface area contributed by atoms with Crippen LogP contribution in [-0.2, 0) is 20.7 Å². The molecule has 0 aliphatic carbocycles. The summed E-state index contributed by atoms with van der Waals surface area (Å²) in [5, 5.41) is 0. The summed E-state index contributed by atoms with van der Waals surface area (Å²) in [7, 11) is 2.30. The Kier molecular flexibility index (Phi) is 5.96. The number of carbonyl (C=O) groups is 4. The van der Waals surface area contributed by atoms with Gasteiger partial charge in [-0.25, -0.2) is 19.3 Å². The molecule has 1 heterocycles. The third-order valence-corrected chi connectivity index (χ3v) is 4.47. The van der Waals surface area contributed by atoms with Crippen molar-refractivity contribution in [2.45, 2.75) is 25.9 Å². The van der Waals surface area contributed by atoms with E-state index in [0.717, 1.165) is 12.6 Å². The molecule has 0 saturated carbocycles. The van der Waals surface area contributed by atoms with Gasteiger partial charge in [0.25, 0.3) is 0 Å². The number of benzene rings is 2. The van der Waals surface area contributed by atoms with Crippen LogP contribution in [0.2, 0.25) is 0 Å². The van der Waals surface area contributed by atoms with Crippen molar-refractivity contribution in [3.8, 4) is 17.2 Å². The number of imide groups is 1. The number of fused-ring (bicyclic) bond motifs is 1. The molecule has 0 atom stereocenters. The molecule has 162 valence electrons. The normalized spacial score (nSPS) is 13.4. The largest absolute Gasteiger partial charge is 0.483 e. The van der Waals surface area contributed by atoms with Crippen molar-refractivity contribution < 1.29 is 38.1 Å². The molecule has 9 nitrogen and oxygen atoms in total. The van der Waals surface area contributed by atoms with Gasteiger partial charge in [-0.3, -0.25) is 4.79 Å². The van der Waals surface area contributed by atoms with E-state index in [2.05, 4.69) is 4.74 Å². The Balaban J connectivity index is 1.67. The Morgan fingerprint density at radius 3 is 2.45 bits per heavy atom. The summed E-state index contributed by atoms with van der Waals surface area (Å²) >= 11 is 0. The lowest BCUT2D eigenvalue weighted by Gasteiger charge is -2.19. The van der Waals surface area contributed by atoms with E-state index in [1.54, 1.807) is 6.07 Å². The zero-order chi connectivity index (χ0) is 22.8. The zero-order valence-electron chi connectivity index (χ0n) is 17.5. The van der Waals surface area contributed by atoms with Gasteiger partial charge in [-0.1, -0.05) is 18.2 Å². The first-order valence-corrected chi connectivity index (χ1v) is 9.32. The second-order valence-electron chi connectivity index (χ2n) is 7.42. The van der Waals surface area contributed by atoms with Crippen LogP contribution in [0.25, 0.3) is 0 Å². The van der Waals surface area contributed by atoms with E-state index < -0.39 is 29.5 Å². The number of hydrogen-bond acceptors (Lipinski definition) is 8. The van der Waals surface area contributed by atoms with Gasteiger partial charge < -0.3 is 18.9 Å². The number of hydrogen-bond donors (Lipinski definition) is 0. The predicted octanol–water partition coefficient (Wildman–Crippen LogP) is 2.75. The van der Waals surface area contributed by atoms with Gasteiger partial charge in [-0.2, -0.15) is 0 Å². The first-order chi connectivity index (χ1) is 14.6. The molecule has 0 spiro atoms. The Hall–Kier alpha value is -3.88. The molecule has 0 bridgehead atoms. The van der Waals surface area contributed by atoms with Crippen molar-refractivity contribution in [2.75, 3.05) is 14.2 Å². The van der Waals surface area contributed by atoms with Gasteiger partial charge in [0, 0.05) is 19.0 Å². The number of methoxy groups -OCH3 is 1. The van der Waals surface area contributed by atoms with Gasteiger partial charge in [-0.05, 0) is 38.1 Å². The molecule has 1 aliphatic rings. The Morgan fingerprint density at radius 1 is 1.03 bits per heavy atom. The van der Waals surface area contributed by atoms with Crippen LogP contribution >= 0.6 is 0 Å². The number of ether oxygens (including phenoxy) is 4. The molecule has 1 aliphatic heterocycles. The molecular formula is C22H21NO8. The molecule has 31 heavy (non-hydrogen) atoms. The molecule has 0 unspecified atom stereocenters. The number of rotatable bonds is 3. The highest BCUT2D eigenvalue weighted by molar-refractivity contribution is 6.35. The number of carbonyl (C=O) groups excluding carboxylic acids is 4. The lowest BCUT2D eigenvalue weighted by Crippen LogP contribution is -2.41. The van der Waals surface area contributed by atoms with Crippen LogP contribution in [-0.4, -0.2) is 48.6 Å². The smallest absolute Gasteiger partial charge is 0.422 e. The van der Waals surface area contributed by atoms with Crippen molar-refractivity contribution in [3.63, 3.8) is 0 Å². The third kappa shape index (κ3) is 4.82. The van der Waals surface area contributed by atoms with Crippen LogP contribution in [0.5, 0.6) is 17.2 Å². The minimum atomic E-state index is -1.32. The Morgan fingerprint density at radius 2 is 1.74 bits per heavy atom. The van der Waals surface area contributed by atoms with Crippen LogP contribution in [0, 0.1) is 0 Å². The molecular weight excluding hydrogens is 406 g/mol. The summed E-state index contributed by atoms with van der Waals surface area (Å²) < 4.78 is 20.6. The van der Waals surface area contributed by atoms with E-state index in [1.165, 1.54) is 37.4 Å². The second-order valence-corrected chi connectivity index (χ2v) is 7.42. The Bertz CT molecular complexity index is 1060. The molecule has 9 heteroatoms. The number of esters is 2. The number of para-hydroxylation sites is 1. The molecule has 0 saturated heterocycles. The Labute approximate surface area is 178 Å². The predicted molar refractivity (Wildman–Crippen MR) is 107 cm³/mol. The first-order valence-electron chi connectivity index (χ1n) is 9.32. The van der Waals surface area contributed by atoms with Crippen molar-refractivity contribution in [3.05, 3.63) is 53.6 Å². The van der Waals surface area contributed by atoms with Gasteiger partial charge in [0.15, 0.2) is 11.5 Å². The lowest BCUT2D eigenvalue weighted by molar-refractivity contribution is -0.152. The standard InChI is InChI=1S/C22H21NO8/c1-22(2)12-14-8-6-10-16(17(14)31-22)30-21(27)23(3)18(24)20(26)29-15-9-5-7-13(11-15)19(25)28-4/h5-11H,12H2,1-4H3. The van der Waals surface area contributed by atoms with Crippen LogP contribution in [0.15, 0.2) is 42.5 Å². The maximum atomic E-state index is 12.4. The molecule has 2 aromatic carbocycles. The lowest BCUT2D eigenvalue weighted by atomic mass is 10.0. The highest BCUT2D eigenvalue weighted by Gasteiger charge is 2.34. The average molecular weight is 427 g/mol. The molecule has 0 fully saturated rings. The van der Waals surface area contributed by atoms with E-state index in [-0.39, 0.29) is 17.1 Å². The van der Waals surface area contributed by atoms with Crippen LogP contribution in [0.1, 0.15) is 29.8 Å². The molecule has 0 N–H and O–H groups in total. The highest BCUT2D eigenvalue weighted by atomic mass is 16.6. The maximum Gasteiger partial charge on any atom is 0.422 e. The van der Waals surface area contributed by atoms with E-state index in [0.29, 0.717) is 17.1 Å². The summed E-state index contributed by atoms with van der Waals surface area (Å²) in [6.45, 7) is 3.80. The molecule has 0 radical (unpaired) electrons. The van der Waals surface area contributed by atoms with Gasteiger partial charge in [0.2, 0.25) is 0 Å². The van der Waals surface area contributed by atoms with Gasteiger partial charge in [0.1, 0.15) is 11.4 Å². The molecule has 0 aromatic heterocycles. The second kappa shape index (κ2) is 8.47. The summed E-state index contributed by atoms with van der Waals surface area (Å²) in [6.07, 6.45) is -0.439. The fraction of sp³-hybridized carbons (Fsp3) is 0.273. The SMILES string of the molecule is COC(=O)c1cccc(OC(=O)C(=O)N(C)C(=O)Oc2cccc3c2OC(C)(C)C3)c1. The van der Waals surface area contributed by atoms with Crippen LogP contribution in [0.3, 0.4) is 0 Å². The van der Waals surface area contributed by atoms with Crippen molar-refractivity contribution >= 4 is 23.9 Å². The average Bonchev–Trinajstić information content (AvgIpc) is 3.07. The van der Waals surface area contributed by atoms with Gasteiger partial charge in [-0.15, -0.1) is 0 Å². The minimum absolute atomic E-state index is 0.0560. The van der Waals surface area contributed by atoms with Gasteiger partial charge >= 0.3 is 23.9 Å². The van der Waals surface area contributed by atoms with E-state index in [4.69, 9.17) is 14.2 Å². The van der Waals surface area contributed by atoms with Crippen molar-refractivity contribution in [2.24, 2.45) is 0 Å². The van der Waals surface area contributed by atoms with E-state index in [9.17, 15) is 19.2 Å². The summed E-state index contributed by atoms with van der Waals surface area (Å²) in [4.78, 5) is 49.0. The van der Waals surface area contributed by atoms with Crippen LogP contribution < -0.4 is 14.2 Å². The monoisotopic (exact) mass is 427 g/mol. The number of amides is 2. The number of nitrogens with zero attached hydrogens (tertiary/aromatic N) is 1. The fourth-order valence-electron chi connectivity index (χ4n) is 3.01. The van der Waals surface area contributed by atoms with Crippen molar-refractivity contribution in [1.82, 2.24) is 4.90 Å². The maximum absolute atomic E-state index is 12.4. The zero-order valence-corrected chi connectivity index (χ0v) is 17.5. The van der Waals surface area contributed by atoms with Gasteiger partial charge in [0.05, 0.1) is 12.7 Å². The summed E-state index contributed by atoms with van der Waals surface area (Å²) in [5.41, 5.74) is 0.554. The first kappa shape index (κ1) is 21.8. The molecule has 2 amide bonds. The fourth-order valence-corrected chi connectivity index (χ4v) is 3.01. The molecule has 2 aromatic rings. The minimum Gasteiger partial charge on any atom is -0.483 e. The topological polar surface area (TPSA) is 108 Å².